The zero-order chi connectivity index (χ0) is 12.3. The van der Waals surface area contributed by atoms with Crippen molar-refractivity contribution in [2.75, 3.05) is 0 Å². The molecule has 0 N–H and O–H groups in total. The summed E-state index contributed by atoms with van der Waals surface area (Å²) in [6, 6.07) is 3.50. The van der Waals surface area contributed by atoms with Crippen LogP contribution in [0.1, 0.15) is 49.5 Å². The number of halogens is 1. The molecule has 1 saturated carbocycles. The van der Waals surface area contributed by atoms with Gasteiger partial charge in [0.25, 0.3) is 0 Å². The molecule has 2 rings (SSSR count). The van der Waals surface area contributed by atoms with E-state index in [1.807, 2.05) is 0 Å². The average molecular weight is 252 g/mol. The Morgan fingerprint density at radius 1 is 1.53 bits per heavy atom. The van der Waals surface area contributed by atoms with E-state index in [9.17, 15) is 4.79 Å². The van der Waals surface area contributed by atoms with Crippen LogP contribution in [0.5, 0.6) is 0 Å². The van der Waals surface area contributed by atoms with Crippen molar-refractivity contribution in [2.45, 2.75) is 39.0 Å². The molecule has 0 spiro atoms. The summed E-state index contributed by atoms with van der Waals surface area (Å²) in [6.07, 6.45) is 7.21. The molecule has 2 unspecified atom stereocenters. The van der Waals surface area contributed by atoms with Gasteiger partial charge < -0.3 is 0 Å². The first-order valence-electron chi connectivity index (χ1n) is 6.37. The maximum absolute atomic E-state index is 12.3. The fraction of sp³-hybridized carbons (Fsp3) is 0.571. The monoisotopic (exact) mass is 251 g/mol. The Kier molecular flexibility index (Phi) is 4.16. The van der Waals surface area contributed by atoms with Gasteiger partial charge in [-0.3, -0.25) is 9.78 Å². The number of hydrogen-bond acceptors (Lipinski definition) is 2. The highest BCUT2D eigenvalue weighted by molar-refractivity contribution is 6.33. The first-order valence-corrected chi connectivity index (χ1v) is 6.75. The highest BCUT2D eigenvalue weighted by atomic mass is 35.5. The second-order valence-electron chi connectivity index (χ2n) is 4.84. The lowest BCUT2D eigenvalue weighted by atomic mass is 9.77. The summed E-state index contributed by atoms with van der Waals surface area (Å²) in [6.45, 7) is 2.20. The summed E-state index contributed by atoms with van der Waals surface area (Å²) in [5.74, 6) is 0.954. The molecular formula is C14H18ClNO. The third kappa shape index (κ3) is 2.86. The van der Waals surface area contributed by atoms with Crippen LogP contribution in [-0.4, -0.2) is 10.8 Å². The number of hydrogen-bond donors (Lipinski definition) is 0. The molecule has 3 heteroatoms. The van der Waals surface area contributed by atoms with Crippen LogP contribution in [0.2, 0.25) is 5.02 Å². The number of nitrogens with zero attached hydrogens (tertiary/aromatic N) is 1. The fourth-order valence-electron chi connectivity index (χ4n) is 2.66. The summed E-state index contributed by atoms with van der Waals surface area (Å²) in [4.78, 5) is 16.5. The Hall–Kier alpha value is -0.890. The molecule has 1 aliphatic rings. The lowest BCUT2D eigenvalue weighted by Crippen LogP contribution is -2.23. The molecule has 0 aromatic carbocycles. The van der Waals surface area contributed by atoms with Crippen molar-refractivity contribution in [3.8, 4) is 0 Å². The molecule has 1 heterocycles. The maximum Gasteiger partial charge on any atom is 0.185 e. The molecule has 2 nitrogen and oxygen atoms in total. The minimum absolute atomic E-state index is 0.126. The van der Waals surface area contributed by atoms with Crippen LogP contribution in [0.4, 0.5) is 0 Å². The predicted molar refractivity (Wildman–Crippen MR) is 69.3 cm³/mol. The van der Waals surface area contributed by atoms with Gasteiger partial charge in [-0.2, -0.15) is 0 Å². The number of carbonyl (C=O) groups excluding carboxylic acids is 1. The van der Waals surface area contributed by atoms with Gasteiger partial charge in [0.2, 0.25) is 0 Å². The fourth-order valence-corrected chi connectivity index (χ4v) is 2.87. The molecule has 1 aromatic rings. The lowest BCUT2D eigenvalue weighted by Gasteiger charge is -2.27. The highest BCUT2D eigenvalue weighted by Gasteiger charge is 2.28. The Balaban J connectivity index is 2.12. The standard InChI is InChI=1S/C14H18ClNO/c1-2-10-5-3-6-11(9-10)14(17)13-12(15)7-4-8-16-13/h4,7-8,10-11H,2-3,5-6,9H2,1H3. The van der Waals surface area contributed by atoms with Gasteiger partial charge in [-0.05, 0) is 30.9 Å². The Morgan fingerprint density at radius 2 is 2.35 bits per heavy atom. The summed E-state index contributed by atoms with van der Waals surface area (Å²) in [5.41, 5.74) is 0.455. The van der Waals surface area contributed by atoms with Crippen LogP contribution in [0.15, 0.2) is 18.3 Å². The Bertz CT molecular complexity index is 405. The third-order valence-corrected chi connectivity index (χ3v) is 4.03. The van der Waals surface area contributed by atoms with Crippen molar-refractivity contribution < 1.29 is 4.79 Å². The van der Waals surface area contributed by atoms with Crippen LogP contribution >= 0.6 is 11.6 Å². The molecule has 0 bridgehead atoms. The van der Waals surface area contributed by atoms with Crippen molar-refractivity contribution in [3.05, 3.63) is 29.0 Å². The molecule has 1 aliphatic carbocycles. The topological polar surface area (TPSA) is 30.0 Å². The molecule has 0 amide bonds. The molecule has 92 valence electrons. The second kappa shape index (κ2) is 5.63. The van der Waals surface area contributed by atoms with E-state index in [2.05, 4.69) is 11.9 Å². The number of carbonyl (C=O) groups is 1. The van der Waals surface area contributed by atoms with E-state index in [1.165, 1.54) is 12.8 Å². The molecule has 1 aromatic heterocycles. The van der Waals surface area contributed by atoms with Crippen LogP contribution in [0.3, 0.4) is 0 Å². The van der Waals surface area contributed by atoms with E-state index in [1.54, 1.807) is 18.3 Å². The van der Waals surface area contributed by atoms with E-state index in [-0.39, 0.29) is 11.7 Å². The Morgan fingerprint density at radius 3 is 3.06 bits per heavy atom. The van der Waals surface area contributed by atoms with Gasteiger partial charge in [0.15, 0.2) is 5.78 Å². The van der Waals surface area contributed by atoms with Crippen LogP contribution in [0.25, 0.3) is 0 Å². The van der Waals surface area contributed by atoms with Gasteiger partial charge in [-0.15, -0.1) is 0 Å². The average Bonchev–Trinajstić information content (AvgIpc) is 2.38. The van der Waals surface area contributed by atoms with E-state index >= 15 is 0 Å². The van der Waals surface area contributed by atoms with E-state index in [4.69, 9.17) is 11.6 Å². The molecule has 2 atom stereocenters. The molecule has 1 fully saturated rings. The van der Waals surface area contributed by atoms with Crippen LogP contribution < -0.4 is 0 Å². The largest absolute Gasteiger partial charge is 0.292 e. The number of Topliss-reactive ketones (excluding diaryl/α,β-unsaturated/α-hetero) is 1. The first kappa shape index (κ1) is 12.6. The van der Waals surface area contributed by atoms with Crippen molar-refractivity contribution in [3.63, 3.8) is 0 Å². The first-order chi connectivity index (χ1) is 8.22. The quantitative estimate of drug-likeness (QED) is 0.756. The maximum atomic E-state index is 12.3. The van der Waals surface area contributed by atoms with Gasteiger partial charge >= 0.3 is 0 Å². The number of rotatable bonds is 3. The van der Waals surface area contributed by atoms with Crippen molar-refractivity contribution in [2.24, 2.45) is 11.8 Å². The minimum atomic E-state index is 0.126. The van der Waals surface area contributed by atoms with E-state index in [0.717, 1.165) is 19.3 Å². The van der Waals surface area contributed by atoms with Gasteiger partial charge in [0, 0.05) is 12.1 Å². The molecule has 0 saturated heterocycles. The van der Waals surface area contributed by atoms with Gasteiger partial charge in [0.05, 0.1) is 5.02 Å². The SMILES string of the molecule is CCC1CCCC(C(=O)c2ncccc2Cl)C1. The van der Waals surface area contributed by atoms with Crippen molar-refractivity contribution >= 4 is 17.4 Å². The van der Waals surface area contributed by atoms with Crippen molar-refractivity contribution in [1.29, 1.82) is 0 Å². The van der Waals surface area contributed by atoms with E-state index in [0.29, 0.717) is 16.6 Å². The van der Waals surface area contributed by atoms with Crippen LogP contribution in [-0.2, 0) is 0 Å². The summed E-state index contributed by atoms with van der Waals surface area (Å²) in [7, 11) is 0. The summed E-state index contributed by atoms with van der Waals surface area (Å²) >= 11 is 6.03. The smallest absolute Gasteiger partial charge is 0.185 e. The zero-order valence-electron chi connectivity index (χ0n) is 10.2. The second-order valence-corrected chi connectivity index (χ2v) is 5.24. The number of aromatic nitrogens is 1. The van der Waals surface area contributed by atoms with Gasteiger partial charge in [0.1, 0.15) is 5.69 Å². The summed E-state index contributed by atoms with van der Waals surface area (Å²) in [5, 5.41) is 0.483. The molecular weight excluding hydrogens is 234 g/mol. The lowest BCUT2D eigenvalue weighted by molar-refractivity contribution is 0.0857. The third-order valence-electron chi connectivity index (χ3n) is 3.72. The zero-order valence-corrected chi connectivity index (χ0v) is 10.9. The predicted octanol–water partition coefficient (Wildman–Crippen LogP) is 4.13. The normalized spacial score (nSPS) is 24.6. The minimum Gasteiger partial charge on any atom is -0.292 e. The van der Waals surface area contributed by atoms with Crippen LogP contribution in [0, 0.1) is 11.8 Å². The van der Waals surface area contributed by atoms with Crippen molar-refractivity contribution in [1.82, 2.24) is 4.98 Å². The van der Waals surface area contributed by atoms with Gasteiger partial charge in [-0.1, -0.05) is 37.8 Å². The van der Waals surface area contributed by atoms with Gasteiger partial charge in [-0.25, -0.2) is 0 Å². The molecule has 0 radical (unpaired) electrons. The molecule has 17 heavy (non-hydrogen) atoms. The number of pyridine rings is 1. The summed E-state index contributed by atoms with van der Waals surface area (Å²) < 4.78 is 0. The Labute approximate surface area is 107 Å². The highest BCUT2D eigenvalue weighted by Crippen LogP contribution is 2.33. The number of ketones is 1. The van der Waals surface area contributed by atoms with E-state index < -0.39 is 0 Å². The molecule has 0 aliphatic heterocycles.